The van der Waals surface area contributed by atoms with Crippen molar-refractivity contribution in [3.63, 3.8) is 0 Å². The minimum absolute atomic E-state index is 0.324. The van der Waals surface area contributed by atoms with Gasteiger partial charge in [0.1, 0.15) is 25.6 Å². The summed E-state index contributed by atoms with van der Waals surface area (Å²) in [7, 11) is 0. The molecule has 3 aromatic carbocycles. The molecule has 1 N–H and O–H groups in total. The predicted molar refractivity (Wildman–Crippen MR) is 121 cm³/mol. The van der Waals surface area contributed by atoms with E-state index in [1.54, 1.807) is 36.4 Å². The molecule has 0 fully saturated rings. The summed E-state index contributed by atoms with van der Waals surface area (Å²) < 4.78 is 22.5. The Morgan fingerprint density at radius 2 is 1.62 bits per heavy atom. The lowest BCUT2D eigenvalue weighted by atomic mass is 10.2. The highest BCUT2D eigenvalue weighted by molar-refractivity contribution is 9.10. The van der Waals surface area contributed by atoms with Gasteiger partial charge < -0.3 is 24.3 Å². The highest BCUT2D eigenvalue weighted by Crippen LogP contribution is 2.38. The van der Waals surface area contributed by atoms with Crippen molar-refractivity contribution in [2.75, 3.05) is 25.1 Å². The van der Waals surface area contributed by atoms with Gasteiger partial charge in [-0.3, -0.25) is 4.79 Å². The van der Waals surface area contributed by atoms with Crippen LogP contribution < -0.4 is 19.5 Å². The van der Waals surface area contributed by atoms with Gasteiger partial charge in [0.05, 0.1) is 11.3 Å². The molecule has 0 saturated heterocycles. The summed E-state index contributed by atoms with van der Waals surface area (Å²) in [4.78, 5) is 24.5. The van der Waals surface area contributed by atoms with E-state index in [2.05, 4.69) is 21.2 Å². The van der Waals surface area contributed by atoms with Gasteiger partial charge in [-0.05, 0) is 45.8 Å². The van der Waals surface area contributed by atoms with Crippen molar-refractivity contribution in [1.29, 1.82) is 0 Å². The molecule has 8 heteroatoms. The molecule has 164 valence electrons. The van der Waals surface area contributed by atoms with E-state index in [-0.39, 0.29) is 0 Å². The Balaban J connectivity index is 1.27. The summed E-state index contributed by atoms with van der Waals surface area (Å²) in [5.41, 5.74) is 1.87. The molecular formula is C24H20BrNO6. The number of benzene rings is 3. The Hall–Kier alpha value is -3.52. The van der Waals surface area contributed by atoms with Gasteiger partial charge in [0.25, 0.3) is 5.91 Å². The van der Waals surface area contributed by atoms with Crippen LogP contribution in [0.25, 0.3) is 0 Å². The minimum atomic E-state index is -0.601. The number of anilines is 1. The monoisotopic (exact) mass is 497 g/mol. The van der Waals surface area contributed by atoms with E-state index in [9.17, 15) is 9.59 Å². The Labute approximate surface area is 193 Å². The van der Waals surface area contributed by atoms with Gasteiger partial charge in [0.2, 0.25) is 0 Å². The normalized spacial score (nSPS) is 12.0. The second kappa shape index (κ2) is 10.2. The van der Waals surface area contributed by atoms with Crippen molar-refractivity contribution in [3.8, 4) is 17.2 Å². The van der Waals surface area contributed by atoms with Gasteiger partial charge in [-0.2, -0.15) is 0 Å². The van der Waals surface area contributed by atoms with E-state index in [0.717, 1.165) is 5.56 Å². The van der Waals surface area contributed by atoms with Gasteiger partial charge in [0.15, 0.2) is 18.1 Å². The highest BCUT2D eigenvalue weighted by Gasteiger charge is 2.17. The Morgan fingerprint density at radius 3 is 2.34 bits per heavy atom. The van der Waals surface area contributed by atoms with E-state index < -0.39 is 18.5 Å². The van der Waals surface area contributed by atoms with Gasteiger partial charge in [-0.25, -0.2) is 4.79 Å². The molecule has 3 aromatic rings. The molecule has 0 aromatic heterocycles. The SMILES string of the molecule is O=C(COC(=O)c1ccc(OCc2ccccc2)cc1)Nc1cc2c(cc1Br)OCCO2. The van der Waals surface area contributed by atoms with Crippen LogP contribution in [-0.2, 0) is 16.1 Å². The van der Waals surface area contributed by atoms with Crippen LogP contribution in [-0.4, -0.2) is 31.7 Å². The average molecular weight is 498 g/mol. The van der Waals surface area contributed by atoms with Crippen molar-refractivity contribution >= 4 is 33.5 Å². The molecule has 0 aliphatic carbocycles. The Bertz CT molecular complexity index is 1100. The van der Waals surface area contributed by atoms with Crippen molar-refractivity contribution < 1.29 is 28.5 Å². The van der Waals surface area contributed by atoms with Crippen LogP contribution in [0.3, 0.4) is 0 Å². The number of nitrogens with one attached hydrogen (secondary N) is 1. The van der Waals surface area contributed by atoms with E-state index in [1.165, 1.54) is 0 Å². The molecule has 0 radical (unpaired) electrons. The van der Waals surface area contributed by atoms with Crippen molar-refractivity contribution in [2.45, 2.75) is 6.61 Å². The number of rotatable bonds is 7. The lowest BCUT2D eigenvalue weighted by Crippen LogP contribution is -2.21. The molecule has 1 heterocycles. The maximum atomic E-state index is 12.3. The molecule has 1 aliphatic rings. The fourth-order valence-corrected chi connectivity index (χ4v) is 3.41. The Kier molecular flexibility index (Phi) is 6.91. The summed E-state index contributed by atoms with van der Waals surface area (Å²) >= 11 is 3.39. The first-order valence-corrected chi connectivity index (χ1v) is 10.7. The maximum absolute atomic E-state index is 12.3. The summed E-state index contributed by atoms with van der Waals surface area (Å²) in [6, 6.07) is 19.7. The van der Waals surface area contributed by atoms with Crippen LogP contribution >= 0.6 is 15.9 Å². The van der Waals surface area contributed by atoms with Crippen LogP contribution in [0, 0.1) is 0 Å². The largest absolute Gasteiger partial charge is 0.489 e. The third-order valence-corrected chi connectivity index (χ3v) is 5.23. The van der Waals surface area contributed by atoms with Crippen molar-refractivity contribution in [3.05, 3.63) is 82.3 Å². The summed E-state index contributed by atoms with van der Waals surface area (Å²) in [5, 5.41) is 2.69. The van der Waals surface area contributed by atoms with E-state index in [0.29, 0.717) is 52.8 Å². The topological polar surface area (TPSA) is 83.1 Å². The fourth-order valence-electron chi connectivity index (χ4n) is 2.99. The minimum Gasteiger partial charge on any atom is -0.489 e. The molecule has 32 heavy (non-hydrogen) atoms. The molecule has 7 nitrogen and oxygen atoms in total. The molecule has 4 rings (SSSR count). The number of ether oxygens (including phenoxy) is 4. The quantitative estimate of drug-likeness (QED) is 0.480. The summed E-state index contributed by atoms with van der Waals surface area (Å²) in [6.07, 6.45) is 0. The standard InChI is InChI=1S/C24H20BrNO6/c25-19-12-21-22(30-11-10-29-21)13-20(19)26-23(27)15-32-24(28)17-6-8-18(9-7-17)31-14-16-4-2-1-3-5-16/h1-9,12-13H,10-11,14-15H2,(H,26,27). The van der Waals surface area contributed by atoms with Crippen LogP contribution in [0.5, 0.6) is 17.2 Å². The van der Waals surface area contributed by atoms with Crippen LogP contribution in [0.15, 0.2) is 71.2 Å². The lowest BCUT2D eigenvalue weighted by Gasteiger charge is -2.20. The predicted octanol–water partition coefficient (Wildman–Crippen LogP) is 4.59. The number of esters is 1. The molecule has 1 amide bonds. The van der Waals surface area contributed by atoms with Crippen molar-refractivity contribution in [2.24, 2.45) is 0 Å². The number of fused-ring (bicyclic) bond motifs is 1. The molecule has 1 aliphatic heterocycles. The number of carbonyl (C=O) groups excluding carboxylic acids is 2. The number of amides is 1. The van der Waals surface area contributed by atoms with Gasteiger partial charge in [-0.1, -0.05) is 30.3 Å². The zero-order valence-electron chi connectivity index (χ0n) is 17.0. The second-order valence-electron chi connectivity index (χ2n) is 6.90. The zero-order chi connectivity index (χ0) is 22.3. The smallest absolute Gasteiger partial charge is 0.338 e. The third-order valence-electron chi connectivity index (χ3n) is 4.58. The molecule has 0 bridgehead atoms. The second-order valence-corrected chi connectivity index (χ2v) is 7.75. The van der Waals surface area contributed by atoms with Gasteiger partial charge in [-0.15, -0.1) is 0 Å². The summed E-state index contributed by atoms with van der Waals surface area (Å²) in [5.74, 6) is 0.700. The lowest BCUT2D eigenvalue weighted by molar-refractivity contribution is -0.119. The fraction of sp³-hybridized carbons (Fsp3) is 0.167. The highest BCUT2D eigenvalue weighted by atomic mass is 79.9. The first-order valence-electron chi connectivity index (χ1n) is 9.91. The number of halogens is 1. The third kappa shape index (κ3) is 5.59. The molecule has 0 unspecified atom stereocenters. The van der Waals surface area contributed by atoms with Crippen LogP contribution in [0.2, 0.25) is 0 Å². The number of carbonyl (C=O) groups is 2. The number of hydrogen-bond acceptors (Lipinski definition) is 6. The zero-order valence-corrected chi connectivity index (χ0v) is 18.6. The summed E-state index contributed by atoms with van der Waals surface area (Å²) in [6.45, 7) is 0.920. The van der Waals surface area contributed by atoms with E-state index >= 15 is 0 Å². The van der Waals surface area contributed by atoms with E-state index in [1.807, 2.05) is 30.3 Å². The molecular weight excluding hydrogens is 478 g/mol. The Morgan fingerprint density at radius 1 is 0.938 bits per heavy atom. The molecule has 0 saturated carbocycles. The average Bonchev–Trinajstić information content (AvgIpc) is 2.82. The van der Waals surface area contributed by atoms with Crippen molar-refractivity contribution in [1.82, 2.24) is 0 Å². The van der Waals surface area contributed by atoms with Gasteiger partial charge in [0, 0.05) is 16.6 Å². The van der Waals surface area contributed by atoms with E-state index in [4.69, 9.17) is 18.9 Å². The van der Waals surface area contributed by atoms with Crippen LogP contribution in [0.1, 0.15) is 15.9 Å². The maximum Gasteiger partial charge on any atom is 0.338 e. The molecule has 0 spiro atoms. The number of hydrogen-bond donors (Lipinski definition) is 1. The van der Waals surface area contributed by atoms with Gasteiger partial charge >= 0.3 is 5.97 Å². The van der Waals surface area contributed by atoms with Crippen LogP contribution in [0.4, 0.5) is 5.69 Å². The molecule has 0 atom stereocenters. The first-order chi connectivity index (χ1) is 15.6. The first kappa shape index (κ1) is 21.7.